The average Bonchev–Trinajstić information content (AvgIpc) is 3.87. The first-order valence-corrected chi connectivity index (χ1v) is 19.7. The molecule has 8 aromatic carbocycles. The van der Waals surface area contributed by atoms with E-state index >= 15 is 0 Å². The van der Waals surface area contributed by atoms with Crippen LogP contribution < -0.4 is 10.6 Å². The number of furan rings is 2. The maximum Gasteiger partial charge on any atom is 0.164 e. The minimum Gasteiger partial charge on any atom is -0.456 e. The molecule has 0 bridgehead atoms. The largest absolute Gasteiger partial charge is 0.456 e. The third-order valence-corrected chi connectivity index (χ3v) is 11.6. The summed E-state index contributed by atoms with van der Waals surface area (Å²) in [5.74, 6) is 1.85. The third kappa shape index (κ3) is 5.35. The Morgan fingerprint density at radius 2 is 0.931 bits per heavy atom. The summed E-state index contributed by atoms with van der Waals surface area (Å²) in [7, 11) is 0. The summed E-state index contributed by atoms with van der Waals surface area (Å²) in [6.45, 7) is 0. The summed E-state index contributed by atoms with van der Waals surface area (Å²) in [6, 6.07) is 59.4. The van der Waals surface area contributed by atoms with Crippen LogP contribution in [-0.4, -0.2) is 15.0 Å². The van der Waals surface area contributed by atoms with Crippen molar-refractivity contribution < 1.29 is 8.83 Å². The second kappa shape index (κ2) is 13.0. The van der Waals surface area contributed by atoms with Gasteiger partial charge in [-0.1, -0.05) is 121 Å². The van der Waals surface area contributed by atoms with Crippen LogP contribution in [0.25, 0.3) is 111 Å². The van der Waals surface area contributed by atoms with Crippen LogP contribution in [0.3, 0.4) is 0 Å². The van der Waals surface area contributed by atoms with Gasteiger partial charge >= 0.3 is 0 Å². The Morgan fingerprint density at radius 3 is 1.78 bits per heavy atom. The Bertz CT molecular complexity index is 3580. The highest BCUT2D eigenvalue weighted by Gasteiger charge is 2.18. The van der Waals surface area contributed by atoms with Gasteiger partial charge in [-0.15, -0.1) is 0 Å². The lowest BCUT2D eigenvalue weighted by molar-refractivity contribution is 0.571. The molecule has 3 heterocycles. The number of nitrogens with zero attached hydrogens (tertiary/aromatic N) is 3. The van der Waals surface area contributed by atoms with E-state index in [1.165, 1.54) is 32.7 Å². The first kappa shape index (κ1) is 32.6. The molecule has 0 N–H and O–H groups in total. The van der Waals surface area contributed by atoms with Crippen LogP contribution in [0.2, 0.25) is 0 Å². The van der Waals surface area contributed by atoms with Gasteiger partial charge in [0.05, 0.1) is 0 Å². The van der Waals surface area contributed by atoms with E-state index in [0.29, 0.717) is 17.5 Å². The van der Waals surface area contributed by atoms with Crippen LogP contribution >= 0.6 is 0 Å². The van der Waals surface area contributed by atoms with Crippen LogP contribution in [0.1, 0.15) is 18.4 Å². The molecule has 0 fully saturated rings. The predicted molar refractivity (Wildman–Crippen MR) is 236 cm³/mol. The van der Waals surface area contributed by atoms with E-state index in [1.54, 1.807) is 0 Å². The van der Waals surface area contributed by atoms with E-state index in [0.717, 1.165) is 84.2 Å². The lowest BCUT2D eigenvalue weighted by atomic mass is 9.92. The fraction of sp³-hybridized carbons (Fsp3) is 0.0377. The number of hydrogen-bond donors (Lipinski definition) is 0. The molecule has 5 nitrogen and oxygen atoms in total. The molecule has 272 valence electrons. The van der Waals surface area contributed by atoms with Crippen LogP contribution in [0, 0.1) is 0 Å². The lowest BCUT2D eigenvalue weighted by Crippen LogP contribution is -2.26. The van der Waals surface area contributed by atoms with Crippen molar-refractivity contribution in [3.8, 4) is 45.3 Å². The molecule has 0 unspecified atom stereocenters. The van der Waals surface area contributed by atoms with Crippen molar-refractivity contribution in [3.05, 3.63) is 186 Å². The summed E-state index contributed by atoms with van der Waals surface area (Å²) >= 11 is 0. The summed E-state index contributed by atoms with van der Waals surface area (Å²) < 4.78 is 12.7. The molecule has 0 aliphatic heterocycles. The van der Waals surface area contributed by atoms with Crippen molar-refractivity contribution in [2.24, 2.45) is 0 Å². The molecule has 5 heteroatoms. The molecule has 58 heavy (non-hydrogen) atoms. The Kier molecular flexibility index (Phi) is 7.29. The molecule has 12 rings (SSSR count). The molecule has 0 atom stereocenters. The molecule has 0 radical (unpaired) electrons. The molecule has 0 saturated carbocycles. The fourth-order valence-electron chi connectivity index (χ4n) is 8.76. The summed E-state index contributed by atoms with van der Waals surface area (Å²) in [6.07, 6.45) is 4.03. The Hall–Kier alpha value is -7.63. The number of fused-ring (bicyclic) bond motifs is 9. The normalized spacial score (nSPS) is 12.8. The topological polar surface area (TPSA) is 65.0 Å². The van der Waals surface area contributed by atoms with Gasteiger partial charge < -0.3 is 8.83 Å². The second-order valence-corrected chi connectivity index (χ2v) is 15.1. The summed E-state index contributed by atoms with van der Waals surface area (Å²) in [5, 5.41) is 9.39. The fourth-order valence-corrected chi connectivity index (χ4v) is 8.76. The molecule has 1 aliphatic carbocycles. The van der Waals surface area contributed by atoms with Gasteiger partial charge in [0.2, 0.25) is 0 Å². The van der Waals surface area contributed by atoms with Gasteiger partial charge in [0.1, 0.15) is 22.2 Å². The van der Waals surface area contributed by atoms with Crippen LogP contribution in [0.4, 0.5) is 0 Å². The smallest absolute Gasteiger partial charge is 0.164 e. The van der Waals surface area contributed by atoms with Crippen LogP contribution in [0.15, 0.2) is 179 Å². The Morgan fingerprint density at radius 1 is 0.362 bits per heavy atom. The molecule has 0 saturated heterocycles. The second-order valence-electron chi connectivity index (χ2n) is 15.1. The Balaban J connectivity index is 1.00. The van der Waals surface area contributed by atoms with E-state index in [1.807, 2.05) is 60.7 Å². The van der Waals surface area contributed by atoms with E-state index in [9.17, 15) is 0 Å². The zero-order chi connectivity index (χ0) is 38.2. The standard InChI is InChI=1S/C53H33N3O2/c1-2-11-34(12-3-1)51-54-52(56-53(55-51)39-25-27-47-44(31-39)42-16-6-7-18-46(42)57-47)38-14-8-13-37(28-38)41-17-9-19-49-50(41)45-30-36(24-26-48(45)58-49)35-23-22-33-21-20-32-10-4-5-15-40(32)43(33)29-35/h1-8,10-16,18-31H,9,17H2. The summed E-state index contributed by atoms with van der Waals surface area (Å²) in [5.41, 5.74) is 11.0. The maximum absolute atomic E-state index is 6.54. The zero-order valence-corrected chi connectivity index (χ0v) is 31.3. The molecule has 3 aromatic heterocycles. The van der Waals surface area contributed by atoms with Crippen molar-refractivity contribution >= 4 is 66.1 Å². The number of hydrogen-bond acceptors (Lipinski definition) is 5. The summed E-state index contributed by atoms with van der Waals surface area (Å²) in [4.78, 5) is 15.3. The molecule has 0 amide bonds. The molecule has 0 spiro atoms. The maximum atomic E-state index is 6.54. The molecule has 11 aromatic rings. The Labute approximate surface area is 332 Å². The van der Waals surface area contributed by atoms with Crippen molar-refractivity contribution in [2.45, 2.75) is 12.8 Å². The van der Waals surface area contributed by atoms with Gasteiger partial charge in [-0.2, -0.15) is 0 Å². The first-order valence-electron chi connectivity index (χ1n) is 19.7. The van der Waals surface area contributed by atoms with Gasteiger partial charge in [0.15, 0.2) is 17.5 Å². The minimum absolute atomic E-state index is 0.610. The lowest BCUT2D eigenvalue weighted by Gasteiger charge is -2.12. The minimum atomic E-state index is 0.610. The number of para-hydroxylation sites is 1. The highest BCUT2D eigenvalue weighted by molar-refractivity contribution is 6.09. The molecular formula is C53H33N3O2. The molecular weight excluding hydrogens is 711 g/mol. The van der Waals surface area contributed by atoms with Crippen LogP contribution in [0.5, 0.6) is 0 Å². The van der Waals surface area contributed by atoms with E-state index in [4.69, 9.17) is 23.8 Å². The highest BCUT2D eigenvalue weighted by Crippen LogP contribution is 2.35. The number of aromatic nitrogens is 3. The van der Waals surface area contributed by atoms with Gasteiger partial charge in [0.25, 0.3) is 0 Å². The highest BCUT2D eigenvalue weighted by atomic mass is 16.3. The monoisotopic (exact) mass is 743 g/mol. The SMILES string of the molecule is C1=c2oc3ccc(-c4ccc5ccc6ccccc6c5c4)cc3c2=C(c2cccc(-c3nc(-c4ccccc4)nc(-c4ccc5oc6ccccc6c5c4)n3)c2)CC1. The molecule has 1 aliphatic rings. The predicted octanol–water partition coefficient (Wildman–Crippen LogP) is 12.3. The van der Waals surface area contributed by atoms with Crippen molar-refractivity contribution in [1.29, 1.82) is 0 Å². The zero-order valence-electron chi connectivity index (χ0n) is 31.3. The van der Waals surface area contributed by atoms with Crippen molar-refractivity contribution in [2.75, 3.05) is 0 Å². The number of benzene rings is 8. The van der Waals surface area contributed by atoms with Crippen molar-refractivity contribution in [1.82, 2.24) is 15.0 Å². The van der Waals surface area contributed by atoms with Gasteiger partial charge in [-0.25, -0.2) is 15.0 Å². The van der Waals surface area contributed by atoms with Gasteiger partial charge in [0, 0.05) is 38.1 Å². The third-order valence-electron chi connectivity index (χ3n) is 11.6. The van der Waals surface area contributed by atoms with Crippen LogP contribution in [-0.2, 0) is 0 Å². The number of rotatable bonds is 5. The van der Waals surface area contributed by atoms with E-state index in [-0.39, 0.29) is 0 Å². The van der Waals surface area contributed by atoms with Crippen molar-refractivity contribution in [3.63, 3.8) is 0 Å². The van der Waals surface area contributed by atoms with Gasteiger partial charge in [-0.05, 0) is 111 Å². The van der Waals surface area contributed by atoms with E-state index < -0.39 is 0 Å². The van der Waals surface area contributed by atoms with Gasteiger partial charge in [-0.3, -0.25) is 0 Å². The van der Waals surface area contributed by atoms with E-state index in [2.05, 4.69) is 115 Å². The quantitative estimate of drug-likeness (QED) is 0.164. The first-order chi connectivity index (χ1) is 28.7. The average molecular weight is 744 g/mol.